The molecule has 0 aliphatic carbocycles. The van der Waals surface area contributed by atoms with Crippen molar-refractivity contribution in [1.82, 2.24) is 0 Å². The van der Waals surface area contributed by atoms with Crippen molar-refractivity contribution in [1.29, 1.82) is 0 Å². The first kappa shape index (κ1) is 16.3. The predicted octanol–water partition coefficient (Wildman–Crippen LogP) is 5.96. The molecule has 0 radical (unpaired) electrons. The fourth-order valence-electron chi connectivity index (χ4n) is 4.13. The van der Waals surface area contributed by atoms with Gasteiger partial charge < -0.3 is 0 Å². The molecule has 0 N–H and O–H groups in total. The van der Waals surface area contributed by atoms with Crippen molar-refractivity contribution in [3.63, 3.8) is 0 Å². The molecule has 0 spiro atoms. The first-order chi connectivity index (χ1) is 12.1. The summed E-state index contributed by atoms with van der Waals surface area (Å²) in [6, 6.07) is 22.0. The molecule has 2 unspecified atom stereocenters. The number of rotatable bonds is 4. The largest absolute Gasteiger partial charge is 0.285 e. The highest BCUT2D eigenvalue weighted by Gasteiger charge is 2.37. The maximum atomic E-state index is 5.11. The predicted molar refractivity (Wildman–Crippen MR) is 105 cm³/mol. The van der Waals surface area contributed by atoms with E-state index in [0.29, 0.717) is 12.1 Å². The SMILES string of the molecule is CC(C)(C1=NC(c2ccccc2)CC1)C1=NC(c2ccccc2)CC1. The second-order valence-corrected chi connectivity index (χ2v) is 7.71. The van der Waals surface area contributed by atoms with Crippen molar-refractivity contribution in [2.45, 2.75) is 51.6 Å². The van der Waals surface area contributed by atoms with Crippen LogP contribution in [0, 0.1) is 5.41 Å². The maximum absolute atomic E-state index is 5.11. The van der Waals surface area contributed by atoms with E-state index in [-0.39, 0.29) is 5.41 Å². The summed E-state index contributed by atoms with van der Waals surface area (Å²) in [5.41, 5.74) is 5.31. The molecule has 0 fully saturated rings. The van der Waals surface area contributed by atoms with Gasteiger partial charge in [-0.1, -0.05) is 60.7 Å². The van der Waals surface area contributed by atoms with Crippen LogP contribution in [-0.2, 0) is 0 Å². The van der Waals surface area contributed by atoms with Gasteiger partial charge in [-0.25, -0.2) is 0 Å². The lowest BCUT2D eigenvalue weighted by Crippen LogP contribution is -2.31. The third-order valence-electron chi connectivity index (χ3n) is 5.74. The second kappa shape index (κ2) is 6.59. The third-order valence-corrected chi connectivity index (χ3v) is 5.74. The van der Waals surface area contributed by atoms with Gasteiger partial charge in [0, 0.05) is 16.8 Å². The van der Waals surface area contributed by atoms with E-state index in [9.17, 15) is 0 Å². The number of aliphatic imine (C=N–C) groups is 2. The summed E-state index contributed by atoms with van der Waals surface area (Å²) < 4.78 is 0. The van der Waals surface area contributed by atoms with Crippen molar-refractivity contribution >= 4 is 11.4 Å². The van der Waals surface area contributed by atoms with Crippen molar-refractivity contribution < 1.29 is 0 Å². The Morgan fingerprint density at radius 2 is 1.08 bits per heavy atom. The molecule has 2 aliphatic rings. The molecule has 128 valence electrons. The topological polar surface area (TPSA) is 24.7 Å². The number of benzene rings is 2. The minimum atomic E-state index is -0.0208. The van der Waals surface area contributed by atoms with Crippen LogP contribution in [-0.4, -0.2) is 11.4 Å². The molecule has 2 aromatic rings. The molecule has 2 nitrogen and oxygen atoms in total. The van der Waals surface area contributed by atoms with E-state index in [2.05, 4.69) is 74.5 Å². The van der Waals surface area contributed by atoms with Gasteiger partial charge in [-0.2, -0.15) is 0 Å². The summed E-state index contributed by atoms with van der Waals surface area (Å²) in [5, 5.41) is 0. The molecule has 2 atom stereocenters. The van der Waals surface area contributed by atoms with Crippen LogP contribution in [0.1, 0.15) is 62.7 Å². The van der Waals surface area contributed by atoms with Crippen LogP contribution < -0.4 is 0 Å². The van der Waals surface area contributed by atoms with Crippen molar-refractivity contribution in [3.05, 3.63) is 71.8 Å². The van der Waals surface area contributed by atoms with Crippen LogP contribution >= 0.6 is 0 Å². The van der Waals surface area contributed by atoms with Crippen LogP contribution in [0.3, 0.4) is 0 Å². The lowest BCUT2D eigenvalue weighted by Gasteiger charge is -2.25. The lowest BCUT2D eigenvalue weighted by molar-refractivity contribution is 0.700. The number of nitrogens with zero attached hydrogens (tertiary/aromatic N) is 2. The van der Waals surface area contributed by atoms with Crippen LogP contribution in [0.4, 0.5) is 0 Å². The van der Waals surface area contributed by atoms with Gasteiger partial charge in [-0.05, 0) is 50.7 Å². The number of hydrogen-bond acceptors (Lipinski definition) is 2. The standard InChI is InChI=1S/C23H26N2/c1-23(2,21-15-13-19(24-21)17-9-5-3-6-10-17)22-16-14-20(25-22)18-11-7-4-8-12-18/h3-12,19-20H,13-16H2,1-2H3. The zero-order chi connectivity index (χ0) is 17.3. The Labute approximate surface area is 150 Å². The molecule has 0 aromatic heterocycles. The van der Waals surface area contributed by atoms with E-state index in [1.807, 2.05) is 0 Å². The minimum Gasteiger partial charge on any atom is -0.285 e. The van der Waals surface area contributed by atoms with Gasteiger partial charge in [0.2, 0.25) is 0 Å². The van der Waals surface area contributed by atoms with Crippen molar-refractivity contribution in [2.24, 2.45) is 15.4 Å². The van der Waals surface area contributed by atoms with E-state index in [1.165, 1.54) is 22.6 Å². The van der Waals surface area contributed by atoms with Crippen molar-refractivity contribution in [2.75, 3.05) is 0 Å². The van der Waals surface area contributed by atoms with Gasteiger partial charge in [0.05, 0.1) is 12.1 Å². The van der Waals surface area contributed by atoms with Crippen LogP contribution in [0.15, 0.2) is 70.6 Å². The quantitative estimate of drug-likeness (QED) is 0.660. The van der Waals surface area contributed by atoms with Crippen LogP contribution in [0.2, 0.25) is 0 Å². The normalized spacial score (nSPS) is 23.4. The zero-order valence-corrected chi connectivity index (χ0v) is 15.2. The highest BCUT2D eigenvalue weighted by molar-refractivity contribution is 6.12. The Hall–Kier alpha value is -2.22. The van der Waals surface area contributed by atoms with Gasteiger partial charge >= 0.3 is 0 Å². The lowest BCUT2D eigenvalue weighted by atomic mass is 9.80. The Kier molecular flexibility index (Phi) is 4.29. The second-order valence-electron chi connectivity index (χ2n) is 7.71. The average Bonchev–Trinajstić information content (AvgIpc) is 3.34. The highest BCUT2D eigenvalue weighted by Crippen LogP contribution is 2.40. The molecule has 2 aliphatic heterocycles. The third kappa shape index (κ3) is 3.18. The van der Waals surface area contributed by atoms with Gasteiger partial charge in [0.1, 0.15) is 0 Å². The minimum absolute atomic E-state index is 0.0208. The Bertz CT molecular complexity index is 720. The first-order valence-corrected chi connectivity index (χ1v) is 9.39. The Balaban J connectivity index is 1.56. The monoisotopic (exact) mass is 330 g/mol. The fourth-order valence-corrected chi connectivity index (χ4v) is 4.13. The molecule has 2 aromatic carbocycles. The van der Waals surface area contributed by atoms with E-state index >= 15 is 0 Å². The summed E-state index contributed by atoms with van der Waals surface area (Å²) in [5.74, 6) is 0. The molecule has 4 rings (SSSR count). The highest BCUT2D eigenvalue weighted by atomic mass is 14.9. The van der Waals surface area contributed by atoms with Crippen LogP contribution in [0.5, 0.6) is 0 Å². The maximum Gasteiger partial charge on any atom is 0.0752 e. The van der Waals surface area contributed by atoms with Gasteiger partial charge in [-0.15, -0.1) is 0 Å². The van der Waals surface area contributed by atoms with E-state index in [1.54, 1.807) is 0 Å². The molecule has 2 heteroatoms. The molecular formula is C23H26N2. The van der Waals surface area contributed by atoms with E-state index < -0.39 is 0 Å². The van der Waals surface area contributed by atoms with Gasteiger partial charge in [0.15, 0.2) is 0 Å². The molecule has 25 heavy (non-hydrogen) atoms. The molecular weight excluding hydrogens is 304 g/mol. The molecule has 0 saturated heterocycles. The molecule has 0 amide bonds. The van der Waals surface area contributed by atoms with Crippen molar-refractivity contribution in [3.8, 4) is 0 Å². The summed E-state index contributed by atoms with van der Waals surface area (Å²) in [6.07, 6.45) is 4.42. The Morgan fingerprint density at radius 1 is 0.680 bits per heavy atom. The molecule has 0 saturated carbocycles. The van der Waals surface area contributed by atoms with Crippen LogP contribution in [0.25, 0.3) is 0 Å². The van der Waals surface area contributed by atoms with Gasteiger partial charge in [0.25, 0.3) is 0 Å². The fraction of sp³-hybridized carbons (Fsp3) is 0.391. The first-order valence-electron chi connectivity index (χ1n) is 9.39. The average molecular weight is 330 g/mol. The molecule has 2 heterocycles. The Morgan fingerprint density at radius 3 is 1.48 bits per heavy atom. The summed E-state index contributed by atoms with van der Waals surface area (Å²) >= 11 is 0. The summed E-state index contributed by atoms with van der Waals surface area (Å²) in [7, 11) is 0. The summed E-state index contributed by atoms with van der Waals surface area (Å²) in [4.78, 5) is 10.2. The van der Waals surface area contributed by atoms with E-state index in [0.717, 1.165) is 25.7 Å². The number of hydrogen-bond donors (Lipinski definition) is 0. The molecule has 0 bridgehead atoms. The van der Waals surface area contributed by atoms with Gasteiger partial charge in [-0.3, -0.25) is 9.98 Å². The van der Waals surface area contributed by atoms with E-state index in [4.69, 9.17) is 9.98 Å². The smallest absolute Gasteiger partial charge is 0.0752 e. The summed E-state index contributed by atoms with van der Waals surface area (Å²) in [6.45, 7) is 4.62. The zero-order valence-electron chi connectivity index (χ0n) is 15.2.